The van der Waals surface area contributed by atoms with Crippen LogP contribution in [0, 0.1) is 13.8 Å². The number of anilines is 1. The van der Waals surface area contributed by atoms with E-state index in [2.05, 4.69) is 21.2 Å². The molecule has 0 saturated heterocycles. The number of hydrogen-bond donors (Lipinski definition) is 2. The van der Waals surface area contributed by atoms with Gasteiger partial charge in [0.25, 0.3) is 0 Å². The van der Waals surface area contributed by atoms with Crippen LogP contribution in [0.15, 0.2) is 34.9 Å². The molecule has 0 aliphatic carbocycles. The molecule has 0 aliphatic heterocycles. The first-order chi connectivity index (χ1) is 9.88. The summed E-state index contributed by atoms with van der Waals surface area (Å²) in [6.45, 7) is 3.78. The number of nitrogens with zero attached hydrogens (tertiary/aromatic N) is 1. The van der Waals surface area contributed by atoms with Gasteiger partial charge in [0.05, 0.1) is 0 Å². The zero-order valence-electron chi connectivity index (χ0n) is 11.7. The van der Waals surface area contributed by atoms with Crippen LogP contribution < -0.4 is 5.32 Å². The summed E-state index contributed by atoms with van der Waals surface area (Å²) in [4.78, 5) is 23.1. The van der Waals surface area contributed by atoms with Crippen molar-refractivity contribution in [1.29, 1.82) is 0 Å². The maximum Gasteiger partial charge on any atom is 0.352 e. The molecule has 6 heteroatoms. The highest BCUT2D eigenvalue weighted by Crippen LogP contribution is 2.25. The summed E-state index contributed by atoms with van der Waals surface area (Å²) in [5.41, 5.74) is 2.74. The molecule has 2 rings (SSSR count). The fourth-order valence-electron chi connectivity index (χ4n) is 2.19. The summed E-state index contributed by atoms with van der Waals surface area (Å²) in [7, 11) is 0. The van der Waals surface area contributed by atoms with Crippen LogP contribution >= 0.6 is 15.9 Å². The fraction of sp³-hybridized carbons (Fsp3) is 0.200. The molecule has 0 saturated carbocycles. The molecule has 0 atom stereocenters. The molecular formula is C15H15BrN2O3. The van der Waals surface area contributed by atoms with Crippen LogP contribution in [0.25, 0.3) is 0 Å². The summed E-state index contributed by atoms with van der Waals surface area (Å²) < 4.78 is 2.36. The molecule has 1 aromatic carbocycles. The third-order valence-corrected chi connectivity index (χ3v) is 3.58. The second-order valence-corrected chi connectivity index (χ2v) is 5.70. The molecule has 1 aromatic heterocycles. The molecule has 21 heavy (non-hydrogen) atoms. The molecule has 0 unspecified atom stereocenters. The smallest absolute Gasteiger partial charge is 0.352 e. The van der Waals surface area contributed by atoms with Gasteiger partial charge in [-0.1, -0.05) is 15.9 Å². The highest BCUT2D eigenvalue weighted by Gasteiger charge is 2.13. The van der Waals surface area contributed by atoms with E-state index in [4.69, 9.17) is 5.11 Å². The third-order valence-electron chi connectivity index (χ3n) is 3.12. The van der Waals surface area contributed by atoms with E-state index in [0.717, 1.165) is 21.3 Å². The van der Waals surface area contributed by atoms with Crippen molar-refractivity contribution in [3.05, 3.63) is 51.8 Å². The number of nitrogens with one attached hydrogen (secondary N) is 1. The van der Waals surface area contributed by atoms with Gasteiger partial charge in [-0.25, -0.2) is 4.79 Å². The minimum atomic E-state index is -1.05. The zero-order valence-corrected chi connectivity index (χ0v) is 13.3. The quantitative estimate of drug-likeness (QED) is 0.889. The lowest BCUT2D eigenvalue weighted by Crippen LogP contribution is -2.21. The molecule has 0 spiro atoms. The van der Waals surface area contributed by atoms with Gasteiger partial charge >= 0.3 is 5.97 Å². The maximum absolute atomic E-state index is 12.1. The summed E-state index contributed by atoms with van der Waals surface area (Å²) in [5, 5.41) is 11.9. The largest absolute Gasteiger partial charge is 0.477 e. The van der Waals surface area contributed by atoms with Crippen molar-refractivity contribution in [2.45, 2.75) is 20.4 Å². The number of amides is 1. The molecule has 2 aromatic rings. The molecule has 1 amide bonds. The van der Waals surface area contributed by atoms with Crippen molar-refractivity contribution in [1.82, 2.24) is 4.57 Å². The third kappa shape index (κ3) is 3.52. The van der Waals surface area contributed by atoms with E-state index in [0.29, 0.717) is 0 Å². The molecule has 0 aliphatic rings. The van der Waals surface area contributed by atoms with Crippen molar-refractivity contribution in [2.24, 2.45) is 0 Å². The lowest BCUT2D eigenvalue weighted by atomic mass is 10.1. The van der Waals surface area contributed by atoms with Crippen LogP contribution in [0.5, 0.6) is 0 Å². The number of carbonyl (C=O) groups is 2. The van der Waals surface area contributed by atoms with Crippen LogP contribution in [-0.4, -0.2) is 21.6 Å². The second kappa shape index (κ2) is 6.13. The Balaban J connectivity index is 2.16. The molecule has 0 radical (unpaired) electrons. The van der Waals surface area contributed by atoms with Gasteiger partial charge in [0.2, 0.25) is 5.91 Å². The number of benzene rings is 1. The van der Waals surface area contributed by atoms with Crippen LogP contribution in [0.4, 0.5) is 5.69 Å². The van der Waals surface area contributed by atoms with Crippen LogP contribution in [0.1, 0.15) is 21.6 Å². The topological polar surface area (TPSA) is 71.3 Å². The Morgan fingerprint density at radius 2 is 1.90 bits per heavy atom. The van der Waals surface area contributed by atoms with Crippen molar-refractivity contribution in [3.8, 4) is 0 Å². The Morgan fingerprint density at radius 1 is 1.29 bits per heavy atom. The van der Waals surface area contributed by atoms with E-state index in [1.165, 1.54) is 10.6 Å². The highest BCUT2D eigenvalue weighted by atomic mass is 79.9. The number of hydrogen-bond acceptors (Lipinski definition) is 2. The predicted molar refractivity (Wildman–Crippen MR) is 83.6 cm³/mol. The van der Waals surface area contributed by atoms with Crippen LogP contribution in [-0.2, 0) is 11.3 Å². The first-order valence-electron chi connectivity index (χ1n) is 6.33. The minimum Gasteiger partial charge on any atom is -0.477 e. The standard InChI is InChI=1S/C15H15BrN2O3/c1-9-6-11(16)7-10(2)14(9)17-13(19)8-18-5-3-4-12(18)15(20)21/h3-7H,8H2,1-2H3,(H,17,19)(H,20,21). The summed E-state index contributed by atoms with van der Waals surface area (Å²) in [6, 6.07) is 6.90. The number of aromatic carboxylic acids is 1. The van der Waals surface area contributed by atoms with Gasteiger partial charge in [-0.2, -0.15) is 0 Å². The Hall–Kier alpha value is -2.08. The van der Waals surface area contributed by atoms with E-state index in [1.54, 1.807) is 12.3 Å². The van der Waals surface area contributed by atoms with E-state index < -0.39 is 5.97 Å². The highest BCUT2D eigenvalue weighted by molar-refractivity contribution is 9.10. The molecule has 5 nitrogen and oxygen atoms in total. The Kier molecular flexibility index (Phi) is 4.47. The molecule has 1 heterocycles. The summed E-state index contributed by atoms with van der Waals surface area (Å²) in [6.07, 6.45) is 1.57. The molecule has 0 fully saturated rings. The van der Waals surface area contributed by atoms with Gasteiger partial charge in [0.1, 0.15) is 12.2 Å². The summed E-state index contributed by atoms with van der Waals surface area (Å²) in [5.74, 6) is -1.31. The molecular weight excluding hydrogens is 336 g/mol. The zero-order chi connectivity index (χ0) is 15.6. The van der Waals surface area contributed by atoms with Crippen molar-refractivity contribution in [2.75, 3.05) is 5.32 Å². The Bertz CT molecular complexity index is 684. The first-order valence-corrected chi connectivity index (χ1v) is 7.13. The Morgan fingerprint density at radius 3 is 2.48 bits per heavy atom. The normalized spacial score (nSPS) is 10.4. The number of rotatable bonds is 4. The van der Waals surface area contributed by atoms with E-state index in [9.17, 15) is 9.59 Å². The van der Waals surface area contributed by atoms with E-state index in [-0.39, 0.29) is 18.1 Å². The molecule has 110 valence electrons. The number of carboxylic acids is 1. The lowest BCUT2D eigenvalue weighted by Gasteiger charge is -2.13. The van der Waals surface area contributed by atoms with E-state index >= 15 is 0 Å². The average Bonchev–Trinajstić information content (AvgIpc) is 2.82. The second-order valence-electron chi connectivity index (χ2n) is 4.79. The molecule has 2 N–H and O–H groups in total. The predicted octanol–water partition coefficient (Wildman–Crippen LogP) is 3.20. The number of aryl methyl sites for hydroxylation is 2. The van der Waals surface area contributed by atoms with Gasteiger partial charge in [-0.3, -0.25) is 4.79 Å². The van der Waals surface area contributed by atoms with Crippen LogP contribution in [0.2, 0.25) is 0 Å². The van der Waals surface area contributed by atoms with Crippen molar-refractivity contribution >= 4 is 33.5 Å². The van der Waals surface area contributed by atoms with Crippen molar-refractivity contribution < 1.29 is 14.7 Å². The molecule has 0 bridgehead atoms. The van der Waals surface area contributed by atoms with Gasteiger partial charge in [0, 0.05) is 16.4 Å². The van der Waals surface area contributed by atoms with Crippen molar-refractivity contribution in [3.63, 3.8) is 0 Å². The van der Waals surface area contributed by atoms with Gasteiger partial charge in [0.15, 0.2) is 0 Å². The fourth-order valence-corrected chi connectivity index (χ4v) is 2.87. The lowest BCUT2D eigenvalue weighted by molar-refractivity contribution is -0.116. The number of aromatic nitrogens is 1. The van der Waals surface area contributed by atoms with Gasteiger partial charge in [-0.05, 0) is 49.2 Å². The number of carbonyl (C=O) groups excluding carboxylic acids is 1. The average molecular weight is 351 g/mol. The van der Waals surface area contributed by atoms with E-state index in [1.807, 2.05) is 26.0 Å². The van der Waals surface area contributed by atoms with Gasteiger partial charge in [-0.15, -0.1) is 0 Å². The first kappa shape index (κ1) is 15.3. The number of carboxylic acid groups (broad SMARTS) is 1. The maximum atomic E-state index is 12.1. The monoisotopic (exact) mass is 350 g/mol. The van der Waals surface area contributed by atoms with Gasteiger partial charge < -0.3 is 15.0 Å². The van der Waals surface area contributed by atoms with Crippen LogP contribution in [0.3, 0.4) is 0 Å². The minimum absolute atomic E-state index is 0.0381. The number of halogens is 1. The Labute approximate surface area is 130 Å². The SMILES string of the molecule is Cc1cc(Br)cc(C)c1NC(=O)Cn1cccc1C(=O)O. The summed E-state index contributed by atoms with van der Waals surface area (Å²) >= 11 is 3.41.